The highest BCUT2D eigenvalue weighted by molar-refractivity contribution is 5.77. The molecule has 4 bridgehead atoms. The Morgan fingerprint density at radius 3 is 2.09 bits per heavy atom. The highest BCUT2D eigenvalue weighted by atomic mass is 16.6. The van der Waals surface area contributed by atoms with Crippen LogP contribution in [0.3, 0.4) is 0 Å². The van der Waals surface area contributed by atoms with E-state index in [4.69, 9.17) is 4.74 Å². The van der Waals surface area contributed by atoms with Crippen LogP contribution in [0.5, 0.6) is 0 Å². The first-order chi connectivity index (χ1) is 10.3. The molecule has 4 heteroatoms. The molecule has 4 saturated carbocycles. The second kappa shape index (κ2) is 4.51. The summed E-state index contributed by atoms with van der Waals surface area (Å²) in [5, 5.41) is 21.6. The molecule has 5 unspecified atom stereocenters. The van der Waals surface area contributed by atoms with Crippen molar-refractivity contribution in [3.8, 4) is 0 Å². The summed E-state index contributed by atoms with van der Waals surface area (Å²) in [4.78, 5) is 13.1. The van der Waals surface area contributed by atoms with Crippen LogP contribution in [0.2, 0.25) is 0 Å². The lowest BCUT2D eigenvalue weighted by Gasteiger charge is -2.42. The smallest absolute Gasteiger partial charge is 0.312 e. The van der Waals surface area contributed by atoms with Crippen LogP contribution in [-0.4, -0.2) is 33.0 Å². The van der Waals surface area contributed by atoms with Crippen LogP contribution in [0.15, 0.2) is 0 Å². The van der Waals surface area contributed by atoms with Gasteiger partial charge in [-0.1, -0.05) is 34.6 Å². The summed E-state index contributed by atoms with van der Waals surface area (Å²) in [6.07, 6.45) is 2.66. The molecule has 4 aliphatic carbocycles. The van der Waals surface area contributed by atoms with Gasteiger partial charge < -0.3 is 14.9 Å². The first-order valence-electron chi connectivity index (χ1n) is 8.94. The minimum absolute atomic E-state index is 0.0147. The monoisotopic (exact) mass is 324 g/mol. The first-order valence-corrected chi connectivity index (χ1v) is 8.94. The van der Waals surface area contributed by atoms with E-state index in [1.54, 1.807) is 0 Å². The Balaban J connectivity index is 1.84. The van der Waals surface area contributed by atoms with Crippen LogP contribution in [-0.2, 0) is 9.53 Å². The lowest BCUT2D eigenvalue weighted by molar-refractivity contribution is -0.195. The topological polar surface area (TPSA) is 66.8 Å². The third-order valence-corrected chi connectivity index (χ3v) is 6.88. The van der Waals surface area contributed by atoms with Gasteiger partial charge in [-0.25, -0.2) is 0 Å². The number of hydrogen-bond acceptors (Lipinski definition) is 4. The minimum atomic E-state index is -1.03. The summed E-state index contributed by atoms with van der Waals surface area (Å²) in [5.74, 6) is 0.0119. The maximum Gasteiger partial charge on any atom is 0.312 e. The normalized spacial score (nSPS) is 44.1. The first kappa shape index (κ1) is 17.2. The summed E-state index contributed by atoms with van der Waals surface area (Å²) < 4.78 is 6.04. The molecule has 0 amide bonds. The fourth-order valence-electron chi connectivity index (χ4n) is 5.54. The molecular weight excluding hydrogens is 292 g/mol. The maximum absolute atomic E-state index is 13.1. The van der Waals surface area contributed by atoms with E-state index in [0.717, 1.165) is 6.42 Å². The lowest BCUT2D eigenvalue weighted by atomic mass is 9.68. The molecule has 132 valence electrons. The van der Waals surface area contributed by atoms with Gasteiger partial charge in [0, 0.05) is 12.8 Å². The van der Waals surface area contributed by atoms with Gasteiger partial charge in [0.05, 0.1) is 11.0 Å². The Hall–Kier alpha value is -0.610. The second-order valence-corrected chi connectivity index (χ2v) is 10.3. The molecule has 4 rings (SSSR count). The highest BCUT2D eigenvalue weighted by Crippen LogP contribution is 2.70. The van der Waals surface area contributed by atoms with Crippen LogP contribution in [0.1, 0.15) is 73.6 Å². The average Bonchev–Trinajstić information content (AvgIpc) is 2.88. The summed E-state index contributed by atoms with van der Waals surface area (Å²) >= 11 is 0. The van der Waals surface area contributed by atoms with Crippen molar-refractivity contribution in [3.05, 3.63) is 0 Å². The Morgan fingerprint density at radius 2 is 1.78 bits per heavy atom. The van der Waals surface area contributed by atoms with Gasteiger partial charge in [0.1, 0.15) is 11.2 Å². The van der Waals surface area contributed by atoms with Crippen LogP contribution in [0.4, 0.5) is 0 Å². The Morgan fingerprint density at radius 1 is 1.17 bits per heavy atom. The van der Waals surface area contributed by atoms with E-state index in [-0.39, 0.29) is 23.2 Å². The zero-order chi connectivity index (χ0) is 17.5. The van der Waals surface area contributed by atoms with Gasteiger partial charge in [-0.15, -0.1) is 0 Å². The number of hydrogen-bond donors (Lipinski definition) is 2. The van der Waals surface area contributed by atoms with Gasteiger partial charge >= 0.3 is 5.97 Å². The zero-order valence-corrected chi connectivity index (χ0v) is 15.4. The standard InChI is InChI=1S/C19H32O4/c1-12(2)16(6,9-15(3,4)5)14(20)23-19-8-13-7-18(19,22)10-17(13,21)11-19/h12-13,21-22H,7-11H2,1-6H3. The van der Waals surface area contributed by atoms with Gasteiger partial charge in [-0.05, 0) is 43.4 Å². The van der Waals surface area contributed by atoms with Crippen LogP contribution < -0.4 is 0 Å². The van der Waals surface area contributed by atoms with Gasteiger partial charge in [0.15, 0.2) is 0 Å². The van der Waals surface area contributed by atoms with Crippen molar-refractivity contribution >= 4 is 5.97 Å². The van der Waals surface area contributed by atoms with Crippen LogP contribution >= 0.6 is 0 Å². The predicted octanol–water partition coefficient (Wildman–Crippen LogP) is 3.05. The van der Waals surface area contributed by atoms with Crippen LogP contribution in [0, 0.1) is 22.7 Å². The molecule has 0 aromatic heterocycles. The van der Waals surface area contributed by atoms with Crippen molar-refractivity contribution in [2.45, 2.75) is 90.4 Å². The molecule has 5 atom stereocenters. The summed E-state index contributed by atoms with van der Waals surface area (Å²) in [6, 6.07) is 0. The molecule has 2 N–H and O–H groups in total. The van der Waals surface area contributed by atoms with Gasteiger partial charge in [-0.3, -0.25) is 4.79 Å². The number of rotatable bonds is 4. The fourth-order valence-corrected chi connectivity index (χ4v) is 5.54. The number of ether oxygens (including phenoxy) is 1. The van der Waals surface area contributed by atoms with E-state index in [2.05, 4.69) is 34.6 Å². The van der Waals surface area contributed by atoms with Gasteiger partial charge in [-0.2, -0.15) is 0 Å². The second-order valence-electron chi connectivity index (χ2n) is 10.3. The number of aliphatic hydroxyl groups is 2. The molecule has 0 spiro atoms. The molecule has 0 radical (unpaired) electrons. The number of esters is 1. The van der Waals surface area contributed by atoms with Crippen molar-refractivity contribution in [1.29, 1.82) is 0 Å². The average molecular weight is 324 g/mol. The zero-order valence-electron chi connectivity index (χ0n) is 15.4. The number of carbonyl (C=O) groups is 1. The maximum atomic E-state index is 13.1. The summed E-state index contributed by atoms with van der Waals surface area (Å²) in [5.41, 5.74) is -3.29. The van der Waals surface area contributed by atoms with E-state index in [0.29, 0.717) is 25.7 Å². The van der Waals surface area contributed by atoms with Crippen molar-refractivity contribution in [1.82, 2.24) is 0 Å². The molecule has 4 nitrogen and oxygen atoms in total. The molecule has 23 heavy (non-hydrogen) atoms. The quantitative estimate of drug-likeness (QED) is 0.780. The number of carbonyl (C=O) groups excluding carboxylic acids is 1. The minimum Gasteiger partial charge on any atom is -0.455 e. The van der Waals surface area contributed by atoms with Crippen molar-refractivity contribution < 1.29 is 19.7 Å². The largest absolute Gasteiger partial charge is 0.455 e. The SMILES string of the molecule is CC(C)C(C)(CC(C)(C)C)C(=O)OC12CC3CC1(O)CC3(O)C2. The van der Waals surface area contributed by atoms with Gasteiger partial charge in [0.25, 0.3) is 0 Å². The van der Waals surface area contributed by atoms with Crippen LogP contribution in [0.25, 0.3) is 0 Å². The van der Waals surface area contributed by atoms with E-state index < -0.39 is 22.2 Å². The third kappa shape index (κ3) is 2.28. The molecule has 0 aromatic carbocycles. The van der Waals surface area contributed by atoms with Crippen molar-refractivity contribution in [2.24, 2.45) is 22.7 Å². The third-order valence-electron chi connectivity index (χ3n) is 6.88. The Labute approximate surface area is 139 Å². The Kier molecular flexibility index (Phi) is 3.38. The molecule has 0 saturated heterocycles. The van der Waals surface area contributed by atoms with Crippen molar-refractivity contribution in [3.63, 3.8) is 0 Å². The van der Waals surface area contributed by atoms with E-state index >= 15 is 0 Å². The van der Waals surface area contributed by atoms with E-state index in [1.165, 1.54) is 0 Å². The Bertz CT molecular complexity index is 536. The lowest BCUT2D eigenvalue weighted by Crippen LogP contribution is -2.51. The predicted molar refractivity (Wildman–Crippen MR) is 87.7 cm³/mol. The molecular formula is C19H32O4. The molecule has 4 fully saturated rings. The summed E-state index contributed by atoms with van der Waals surface area (Å²) in [7, 11) is 0. The van der Waals surface area contributed by atoms with Crippen molar-refractivity contribution in [2.75, 3.05) is 0 Å². The highest BCUT2D eigenvalue weighted by Gasteiger charge is 2.80. The molecule has 4 aliphatic rings. The molecule has 0 heterocycles. The summed E-state index contributed by atoms with van der Waals surface area (Å²) in [6.45, 7) is 12.5. The van der Waals surface area contributed by atoms with E-state index in [9.17, 15) is 15.0 Å². The van der Waals surface area contributed by atoms with E-state index in [1.807, 2.05) is 6.92 Å². The molecule has 0 aromatic rings. The molecule has 0 aliphatic heterocycles. The fraction of sp³-hybridized carbons (Fsp3) is 0.947. The van der Waals surface area contributed by atoms with Gasteiger partial charge in [0.2, 0.25) is 0 Å².